The maximum atomic E-state index is 12.5. The summed E-state index contributed by atoms with van der Waals surface area (Å²) in [5.74, 6) is -1.85. The van der Waals surface area contributed by atoms with Gasteiger partial charge in [0.15, 0.2) is 9.84 Å². The summed E-state index contributed by atoms with van der Waals surface area (Å²) >= 11 is 0. The first-order chi connectivity index (χ1) is 9.90. The van der Waals surface area contributed by atoms with Gasteiger partial charge in [-0.1, -0.05) is 12.2 Å². The molecule has 7 heteroatoms. The van der Waals surface area contributed by atoms with Crippen LogP contribution in [0.15, 0.2) is 22.0 Å². The molecule has 0 radical (unpaired) electrons. The van der Waals surface area contributed by atoms with Crippen LogP contribution in [0, 0.1) is 11.8 Å². The monoisotopic (exact) mass is 314 g/mol. The van der Waals surface area contributed by atoms with Crippen LogP contribution in [0.4, 0.5) is 0 Å². The zero-order chi connectivity index (χ0) is 15.6. The molecular formula is C14H18O6S. The van der Waals surface area contributed by atoms with Gasteiger partial charge in [0.25, 0.3) is 0 Å². The Morgan fingerprint density at radius 2 is 1.33 bits per heavy atom. The molecule has 21 heavy (non-hydrogen) atoms. The van der Waals surface area contributed by atoms with Crippen LogP contribution in [0.25, 0.3) is 0 Å². The lowest BCUT2D eigenvalue weighted by Gasteiger charge is -2.04. The summed E-state index contributed by atoms with van der Waals surface area (Å²) in [5, 5.41) is 0. The molecule has 2 aliphatic rings. The molecule has 0 bridgehead atoms. The molecule has 2 unspecified atom stereocenters. The van der Waals surface area contributed by atoms with Crippen molar-refractivity contribution in [3.63, 3.8) is 0 Å². The van der Waals surface area contributed by atoms with Crippen LogP contribution in [-0.2, 0) is 28.9 Å². The minimum absolute atomic E-state index is 0.245. The van der Waals surface area contributed by atoms with E-state index in [0.717, 1.165) is 0 Å². The molecule has 2 rings (SSSR count). The lowest BCUT2D eigenvalue weighted by Crippen LogP contribution is -2.11. The molecule has 0 aromatic carbocycles. The highest BCUT2D eigenvalue weighted by molar-refractivity contribution is 7.99. The number of hydrogen-bond acceptors (Lipinski definition) is 6. The van der Waals surface area contributed by atoms with E-state index in [0.29, 0.717) is 25.7 Å². The number of ether oxygens (including phenoxy) is 2. The van der Waals surface area contributed by atoms with Gasteiger partial charge in [-0.05, 0) is 25.7 Å². The number of carbonyl (C=O) groups is 2. The van der Waals surface area contributed by atoms with Crippen molar-refractivity contribution in [3.05, 3.63) is 22.0 Å². The minimum Gasteiger partial charge on any atom is -0.469 e. The minimum atomic E-state index is -3.58. The Labute approximate surface area is 123 Å². The van der Waals surface area contributed by atoms with E-state index in [9.17, 15) is 18.0 Å². The van der Waals surface area contributed by atoms with Crippen molar-refractivity contribution in [3.8, 4) is 0 Å². The molecule has 0 aliphatic heterocycles. The third kappa shape index (κ3) is 3.02. The first kappa shape index (κ1) is 15.8. The summed E-state index contributed by atoms with van der Waals surface area (Å²) in [7, 11) is -1.02. The van der Waals surface area contributed by atoms with Crippen LogP contribution in [0.1, 0.15) is 25.7 Å². The van der Waals surface area contributed by atoms with Crippen LogP contribution < -0.4 is 0 Å². The van der Waals surface area contributed by atoms with Gasteiger partial charge in [0.05, 0.1) is 26.1 Å². The van der Waals surface area contributed by atoms with E-state index in [2.05, 4.69) is 9.47 Å². The normalized spacial score (nSPS) is 25.2. The first-order valence-corrected chi connectivity index (χ1v) is 8.20. The van der Waals surface area contributed by atoms with Gasteiger partial charge >= 0.3 is 11.9 Å². The SMILES string of the molecule is COC(=O)C1C=C(S(=O)(=O)C2=CC(C(=O)OC)CC2)CC1. The quantitative estimate of drug-likeness (QED) is 0.728. The second kappa shape index (κ2) is 6.01. The number of hydrogen-bond donors (Lipinski definition) is 0. The van der Waals surface area contributed by atoms with Crippen LogP contribution in [0.3, 0.4) is 0 Å². The topological polar surface area (TPSA) is 86.7 Å². The highest BCUT2D eigenvalue weighted by Crippen LogP contribution is 2.37. The molecule has 0 saturated carbocycles. The van der Waals surface area contributed by atoms with Gasteiger partial charge < -0.3 is 9.47 Å². The Hall–Kier alpha value is -1.63. The van der Waals surface area contributed by atoms with Crippen LogP contribution >= 0.6 is 0 Å². The van der Waals surface area contributed by atoms with E-state index in [1.165, 1.54) is 26.4 Å². The maximum absolute atomic E-state index is 12.5. The van der Waals surface area contributed by atoms with Crippen LogP contribution in [0.5, 0.6) is 0 Å². The van der Waals surface area contributed by atoms with Crippen molar-refractivity contribution in [1.82, 2.24) is 0 Å². The van der Waals surface area contributed by atoms with E-state index in [1.807, 2.05) is 0 Å². The number of rotatable bonds is 4. The molecule has 0 aromatic heterocycles. The molecule has 2 atom stereocenters. The Balaban J connectivity index is 2.20. The van der Waals surface area contributed by atoms with Crippen LogP contribution in [-0.4, -0.2) is 34.6 Å². The van der Waals surface area contributed by atoms with E-state index in [4.69, 9.17) is 0 Å². The van der Waals surface area contributed by atoms with Crippen molar-refractivity contribution in [2.24, 2.45) is 11.8 Å². The van der Waals surface area contributed by atoms with Gasteiger partial charge in [-0.3, -0.25) is 9.59 Å². The highest BCUT2D eigenvalue weighted by Gasteiger charge is 2.35. The van der Waals surface area contributed by atoms with E-state index in [1.54, 1.807) is 0 Å². The van der Waals surface area contributed by atoms with Gasteiger partial charge in [-0.2, -0.15) is 0 Å². The molecule has 0 fully saturated rings. The average molecular weight is 314 g/mol. The van der Waals surface area contributed by atoms with Crippen molar-refractivity contribution < 1.29 is 27.5 Å². The fourth-order valence-corrected chi connectivity index (χ4v) is 4.47. The van der Waals surface area contributed by atoms with Gasteiger partial charge in [-0.15, -0.1) is 0 Å². The fourth-order valence-electron chi connectivity index (χ4n) is 2.67. The number of allylic oxidation sites excluding steroid dienone is 2. The Bertz CT molecular complexity index is 565. The fraction of sp³-hybridized carbons (Fsp3) is 0.571. The summed E-state index contributed by atoms with van der Waals surface area (Å²) in [6.45, 7) is 0. The highest BCUT2D eigenvalue weighted by atomic mass is 32.2. The molecule has 0 spiro atoms. The molecule has 0 heterocycles. The van der Waals surface area contributed by atoms with E-state index < -0.39 is 33.6 Å². The largest absolute Gasteiger partial charge is 0.469 e. The molecule has 0 N–H and O–H groups in total. The van der Waals surface area contributed by atoms with E-state index >= 15 is 0 Å². The summed E-state index contributed by atoms with van der Waals surface area (Å²) in [4.78, 5) is 23.4. The summed E-state index contributed by atoms with van der Waals surface area (Å²) in [6.07, 6.45) is 4.45. The predicted molar refractivity (Wildman–Crippen MR) is 74.6 cm³/mol. The zero-order valence-electron chi connectivity index (χ0n) is 12.0. The predicted octanol–water partition coefficient (Wildman–Crippen LogP) is 1.33. The van der Waals surface area contributed by atoms with Gasteiger partial charge in [-0.25, -0.2) is 8.42 Å². The number of esters is 2. The Morgan fingerprint density at radius 3 is 1.67 bits per heavy atom. The molecule has 0 amide bonds. The molecule has 0 saturated heterocycles. The van der Waals surface area contributed by atoms with Crippen molar-refractivity contribution in [2.75, 3.05) is 14.2 Å². The second-order valence-electron chi connectivity index (χ2n) is 5.11. The summed E-state index contributed by atoms with van der Waals surface area (Å²) < 4.78 is 34.3. The number of methoxy groups -OCH3 is 2. The van der Waals surface area contributed by atoms with Gasteiger partial charge in [0, 0.05) is 9.81 Å². The van der Waals surface area contributed by atoms with Crippen molar-refractivity contribution >= 4 is 21.8 Å². The van der Waals surface area contributed by atoms with Crippen molar-refractivity contribution in [1.29, 1.82) is 0 Å². The standard InChI is InChI=1S/C14H18O6S/c1-19-13(15)9-3-5-11(7-9)21(17,18)12-6-4-10(8-12)14(16)20-2/h7-10H,3-6H2,1-2H3. The first-order valence-electron chi connectivity index (χ1n) is 6.72. The summed E-state index contributed by atoms with van der Waals surface area (Å²) in [6, 6.07) is 0. The molecule has 0 aromatic rings. The average Bonchev–Trinajstić information content (AvgIpc) is 3.14. The Morgan fingerprint density at radius 1 is 0.952 bits per heavy atom. The third-order valence-electron chi connectivity index (χ3n) is 3.88. The lowest BCUT2D eigenvalue weighted by atomic mass is 10.1. The summed E-state index contributed by atoms with van der Waals surface area (Å²) in [5.41, 5.74) is 0. The smallest absolute Gasteiger partial charge is 0.312 e. The van der Waals surface area contributed by atoms with Gasteiger partial charge in [0.1, 0.15) is 0 Å². The Kier molecular flexibility index (Phi) is 4.51. The van der Waals surface area contributed by atoms with Crippen LogP contribution in [0.2, 0.25) is 0 Å². The lowest BCUT2D eigenvalue weighted by molar-refractivity contribution is -0.144. The molecular weight excluding hydrogens is 296 g/mol. The molecule has 116 valence electrons. The molecule has 6 nitrogen and oxygen atoms in total. The third-order valence-corrected chi connectivity index (χ3v) is 5.94. The van der Waals surface area contributed by atoms with E-state index in [-0.39, 0.29) is 9.81 Å². The molecule has 2 aliphatic carbocycles. The van der Waals surface area contributed by atoms with Crippen molar-refractivity contribution in [2.45, 2.75) is 25.7 Å². The number of sulfone groups is 1. The second-order valence-corrected chi connectivity index (χ2v) is 7.16. The van der Waals surface area contributed by atoms with Gasteiger partial charge in [0.2, 0.25) is 0 Å². The number of carbonyl (C=O) groups excluding carboxylic acids is 2. The zero-order valence-corrected chi connectivity index (χ0v) is 12.8. The maximum Gasteiger partial charge on any atom is 0.312 e.